The van der Waals surface area contributed by atoms with E-state index in [2.05, 4.69) is 5.32 Å². The van der Waals surface area contributed by atoms with Gasteiger partial charge in [0.25, 0.3) is 11.8 Å². The van der Waals surface area contributed by atoms with Crippen LogP contribution >= 0.6 is 0 Å². The van der Waals surface area contributed by atoms with Crippen molar-refractivity contribution in [1.29, 1.82) is 0 Å². The monoisotopic (exact) mass is 259 g/mol. The van der Waals surface area contributed by atoms with E-state index in [4.69, 9.17) is 1.37 Å². The van der Waals surface area contributed by atoms with Crippen LogP contribution in [0.2, 0.25) is 0 Å². The Balaban J connectivity index is 2.00. The predicted molar refractivity (Wildman–Crippen MR) is 63.1 cm³/mol. The molecule has 2 aliphatic rings. The highest BCUT2D eigenvalue weighted by molar-refractivity contribution is 6.23. The van der Waals surface area contributed by atoms with E-state index in [0.29, 0.717) is 0 Å². The minimum atomic E-state index is -1.26. The highest BCUT2D eigenvalue weighted by Gasteiger charge is 2.44. The summed E-state index contributed by atoms with van der Waals surface area (Å²) >= 11 is 0. The highest BCUT2D eigenvalue weighted by Crippen LogP contribution is 2.26. The molecule has 2 atom stereocenters. The molecule has 1 N–H and O–H groups in total. The van der Waals surface area contributed by atoms with Crippen molar-refractivity contribution in [3.05, 3.63) is 35.4 Å². The molecule has 1 fully saturated rings. The minimum Gasteiger partial charge on any atom is -0.295 e. The van der Waals surface area contributed by atoms with Crippen LogP contribution in [-0.4, -0.2) is 34.6 Å². The fourth-order valence-electron chi connectivity index (χ4n) is 2.27. The molecule has 3 rings (SSSR count). The number of hydrogen-bond donors (Lipinski definition) is 1. The summed E-state index contributed by atoms with van der Waals surface area (Å²) in [6.07, 6.45) is -1.36. The lowest BCUT2D eigenvalue weighted by Gasteiger charge is -2.27. The first kappa shape index (κ1) is 10.4. The van der Waals surface area contributed by atoms with Crippen LogP contribution in [0.5, 0.6) is 0 Å². The van der Waals surface area contributed by atoms with E-state index in [1.165, 1.54) is 12.1 Å². The Kier molecular flexibility index (Phi) is 2.20. The van der Waals surface area contributed by atoms with Gasteiger partial charge in [0.15, 0.2) is 0 Å². The Morgan fingerprint density at radius 1 is 1.11 bits per heavy atom. The fraction of sp³-hybridized carbons (Fsp3) is 0.231. The van der Waals surface area contributed by atoms with Gasteiger partial charge in [0.1, 0.15) is 6.04 Å². The van der Waals surface area contributed by atoms with Gasteiger partial charge in [-0.15, -0.1) is 0 Å². The van der Waals surface area contributed by atoms with Crippen molar-refractivity contribution in [1.82, 2.24) is 10.2 Å². The number of piperidine rings is 1. The van der Waals surface area contributed by atoms with Crippen molar-refractivity contribution < 1.29 is 20.5 Å². The number of imide groups is 2. The zero-order chi connectivity index (χ0) is 14.4. The second-order valence-corrected chi connectivity index (χ2v) is 4.32. The number of amides is 4. The molecule has 0 aromatic heterocycles. The zero-order valence-electron chi connectivity index (χ0n) is 10.8. The summed E-state index contributed by atoms with van der Waals surface area (Å²) in [6, 6.07) is 4.98. The van der Waals surface area contributed by atoms with Gasteiger partial charge in [0.2, 0.25) is 11.8 Å². The Morgan fingerprint density at radius 3 is 2.21 bits per heavy atom. The maximum atomic E-state index is 12.2. The molecule has 2 aliphatic heterocycles. The van der Waals surface area contributed by atoms with Crippen molar-refractivity contribution in [3.8, 4) is 0 Å². The third-order valence-corrected chi connectivity index (χ3v) is 3.16. The predicted octanol–water partition coefficient (Wildman–Crippen LogP) is 0.0878. The standard InChI is InChI=1S/C13H10N2O4/c16-10-6-5-9(11(17)14-10)15-12(18)7-3-1-2-4-8(7)13(15)19/h1-4,9H,5-6H2,(H,14,16,17)/i5D. The molecule has 2 heterocycles. The van der Waals surface area contributed by atoms with Crippen molar-refractivity contribution >= 4 is 23.6 Å². The lowest BCUT2D eigenvalue weighted by Crippen LogP contribution is -2.54. The molecule has 96 valence electrons. The molecule has 0 aliphatic carbocycles. The maximum Gasteiger partial charge on any atom is 0.262 e. The van der Waals surface area contributed by atoms with E-state index in [-0.39, 0.29) is 17.5 Å². The normalized spacial score (nSPS) is 27.2. The van der Waals surface area contributed by atoms with Gasteiger partial charge in [-0.25, -0.2) is 0 Å². The van der Waals surface area contributed by atoms with Crippen LogP contribution in [0.4, 0.5) is 0 Å². The van der Waals surface area contributed by atoms with Gasteiger partial charge in [-0.05, 0) is 18.5 Å². The van der Waals surface area contributed by atoms with E-state index in [9.17, 15) is 19.2 Å². The Hall–Kier alpha value is -2.50. The average Bonchev–Trinajstić information content (AvgIpc) is 2.64. The summed E-state index contributed by atoms with van der Waals surface area (Å²) in [7, 11) is 0. The molecule has 19 heavy (non-hydrogen) atoms. The average molecular weight is 259 g/mol. The topological polar surface area (TPSA) is 83.6 Å². The number of carbonyl (C=O) groups is 4. The van der Waals surface area contributed by atoms with Crippen LogP contribution in [0.3, 0.4) is 0 Å². The highest BCUT2D eigenvalue weighted by atomic mass is 16.2. The Bertz CT molecular complexity index is 623. The maximum absolute atomic E-state index is 12.2. The molecule has 0 spiro atoms. The largest absolute Gasteiger partial charge is 0.295 e. The molecule has 0 bridgehead atoms. The number of benzene rings is 1. The van der Waals surface area contributed by atoms with E-state index in [1.54, 1.807) is 12.1 Å². The molecular formula is C13H10N2O4. The summed E-state index contributed by atoms with van der Waals surface area (Å²) in [5.74, 6) is -2.55. The van der Waals surface area contributed by atoms with Crippen LogP contribution in [0.1, 0.15) is 34.9 Å². The van der Waals surface area contributed by atoms with E-state index < -0.39 is 36.1 Å². The zero-order valence-corrected chi connectivity index (χ0v) is 9.75. The quantitative estimate of drug-likeness (QED) is 0.724. The SMILES string of the molecule is [2H]C1CC(=O)NC(=O)C1N1C(=O)c2ccccc2C1=O. The number of nitrogens with zero attached hydrogens (tertiary/aromatic N) is 1. The van der Waals surface area contributed by atoms with Crippen LogP contribution in [0.15, 0.2) is 24.3 Å². The van der Waals surface area contributed by atoms with Crippen molar-refractivity contribution in [3.63, 3.8) is 0 Å². The molecule has 0 radical (unpaired) electrons. The summed E-state index contributed by atoms with van der Waals surface area (Å²) in [5.41, 5.74) is 0.434. The third-order valence-electron chi connectivity index (χ3n) is 3.16. The lowest BCUT2D eigenvalue weighted by molar-refractivity contribution is -0.136. The molecule has 4 amide bonds. The molecule has 0 saturated carbocycles. The first-order valence-corrected chi connectivity index (χ1v) is 5.73. The fourth-order valence-corrected chi connectivity index (χ4v) is 2.27. The number of fused-ring (bicyclic) bond motifs is 1. The van der Waals surface area contributed by atoms with Gasteiger partial charge in [-0.2, -0.15) is 0 Å². The summed E-state index contributed by atoms with van der Waals surface area (Å²) in [4.78, 5) is 48.3. The Labute approximate surface area is 109 Å². The van der Waals surface area contributed by atoms with E-state index in [0.717, 1.165) is 4.90 Å². The van der Waals surface area contributed by atoms with Gasteiger partial charge in [-0.3, -0.25) is 29.4 Å². The molecule has 2 unspecified atom stereocenters. The third kappa shape index (κ3) is 1.64. The lowest BCUT2D eigenvalue weighted by atomic mass is 10.0. The molecule has 1 saturated heterocycles. The van der Waals surface area contributed by atoms with Gasteiger partial charge in [0.05, 0.1) is 11.1 Å². The Morgan fingerprint density at radius 2 is 1.68 bits per heavy atom. The van der Waals surface area contributed by atoms with Crippen LogP contribution in [-0.2, 0) is 9.59 Å². The summed E-state index contributed by atoms with van der Waals surface area (Å²) in [5, 5.41) is 2.06. The van der Waals surface area contributed by atoms with Crippen LogP contribution in [0, 0.1) is 0 Å². The molecule has 6 nitrogen and oxygen atoms in total. The molecule has 1 aromatic carbocycles. The van der Waals surface area contributed by atoms with E-state index >= 15 is 0 Å². The van der Waals surface area contributed by atoms with Crippen molar-refractivity contribution in [2.45, 2.75) is 18.9 Å². The summed E-state index contributed by atoms with van der Waals surface area (Å²) in [6.45, 7) is 0. The molecule has 1 aromatic rings. The number of rotatable bonds is 1. The second-order valence-electron chi connectivity index (χ2n) is 4.32. The number of hydrogen-bond acceptors (Lipinski definition) is 4. The van der Waals surface area contributed by atoms with Gasteiger partial charge in [0, 0.05) is 7.79 Å². The smallest absolute Gasteiger partial charge is 0.262 e. The van der Waals surface area contributed by atoms with Gasteiger partial charge in [-0.1, -0.05) is 12.1 Å². The van der Waals surface area contributed by atoms with Crippen LogP contribution < -0.4 is 5.32 Å². The van der Waals surface area contributed by atoms with Crippen molar-refractivity contribution in [2.24, 2.45) is 0 Å². The molecule has 6 heteroatoms. The number of carbonyl (C=O) groups excluding carboxylic acids is 4. The molecular weight excluding hydrogens is 248 g/mol. The van der Waals surface area contributed by atoms with E-state index in [1.807, 2.05) is 0 Å². The summed E-state index contributed by atoms with van der Waals surface area (Å²) < 4.78 is 7.81. The van der Waals surface area contributed by atoms with Gasteiger partial charge >= 0.3 is 0 Å². The van der Waals surface area contributed by atoms with Gasteiger partial charge < -0.3 is 0 Å². The van der Waals surface area contributed by atoms with Crippen molar-refractivity contribution in [2.75, 3.05) is 0 Å². The second kappa shape index (κ2) is 4.01. The van der Waals surface area contributed by atoms with Crippen LogP contribution in [0.25, 0.3) is 0 Å². The number of nitrogens with one attached hydrogen (secondary N) is 1. The first-order chi connectivity index (χ1) is 9.50. The first-order valence-electron chi connectivity index (χ1n) is 6.31. The minimum absolute atomic E-state index is 0.217.